The van der Waals surface area contributed by atoms with Gasteiger partial charge in [-0.1, -0.05) is 32.6 Å². The molecule has 0 aromatic heterocycles. The van der Waals surface area contributed by atoms with Crippen LogP contribution in [0.25, 0.3) is 0 Å². The van der Waals surface area contributed by atoms with E-state index in [2.05, 4.69) is 12.2 Å². The van der Waals surface area contributed by atoms with Crippen LogP contribution in [0, 0.1) is 11.8 Å². The smallest absolute Gasteiger partial charge is 0.0110 e. The van der Waals surface area contributed by atoms with Crippen molar-refractivity contribution in [2.45, 2.75) is 83.2 Å². The van der Waals surface area contributed by atoms with Crippen LogP contribution in [0.2, 0.25) is 0 Å². The van der Waals surface area contributed by atoms with Crippen molar-refractivity contribution < 1.29 is 0 Å². The first-order valence-corrected chi connectivity index (χ1v) is 8.29. The molecule has 0 spiro atoms. The Morgan fingerprint density at radius 1 is 1.00 bits per heavy atom. The minimum absolute atomic E-state index is 0.719. The largest absolute Gasteiger partial charge is 0.330 e. The number of rotatable bonds is 5. The first-order chi connectivity index (χ1) is 8.83. The summed E-state index contributed by atoms with van der Waals surface area (Å²) < 4.78 is 0. The van der Waals surface area contributed by atoms with E-state index in [1.54, 1.807) is 0 Å². The maximum Gasteiger partial charge on any atom is 0.0110 e. The molecule has 0 heterocycles. The van der Waals surface area contributed by atoms with Gasteiger partial charge in [0.05, 0.1) is 0 Å². The predicted molar refractivity (Wildman–Crippen MR) is 78.6 cm³/mol. The van der Waals surface area contributed by atoms with Crippen LogP contribution in [0.3, 0.4) is 0 Å². The molecule has 3 N–H and O–H groups in total. The van der Waals surface area contributed by atoms with Gasteiger partial charge in [0.15, 0.2) is 0 Å². The summed E-state index contributed by atoms with van der Waals surface area (Å²) in [5.74, 6) is 1.76. The number of nitrogens with one attached hydrogen (secondary N) is 1. The molecule has 2 fully saturated rings. The Morgan fingerprint density at radius 3 is 2.39 bits per heavy atom. The zero-order chi connectivity index (χ0) is 12.8. The highest BCUT2D eigenvalue weighted by atomic mass is 15.0. The van der Waals surface area contributed by atoms with Crippen LogP contribution in [0.15, 0.2) is 0 Å². The average Bonchev–Trinajstić information content (AvgIpc) is 2.42. The van der Waals surface area contributed by atoms with E-state index in [0.717, 1.165) is 30.5 Å². The van der Waals surface area contributed by atoms with E-state index in [1.807, 2.05) is 0 Å². The van der Waals surface area contributed by atoms with Crippen molar-refractivity contribution in [3.05, 3.63) is 0 Å². The summed E-state index contributed by atoms with van der Waals surface area (Å²) in [6.07, 6.45) is 14.0. The lowest BCUT2D eigenvalue weighted by Gasteiger charge is -2.37. The second kappa shape index (κ2) is 7.49. The lowest BCUT2D eigenvalue weighted by molar-refractivity contribution is 0.205. The van der Waals surface area contributed by atoms with E-state index in [4.69, 9.17) is 5.73 Å². The normalized spacial score (nSPS) is 37.7. The topological polar surface area (TPSA) is 38.0 Å². The number of nitrogens with two attached hydrogens (primary N) is 1. The monoisotopic (exact) mass is 252 g/mol. The Morgan fingerprint density at radius 2 is 1.72 bits per heavy atom. The highest BCUT2D eigenvalue weighted by Gasteiger charge is 2.28. The summed E-state index contributed by atoms with van der Waals surface area (Å²) in [4.78, 5) is 0. The Balaban J connectivity index is 1.73. The van der Waals surface area contributed by atoms with Crippen molar-refractivity contribution in [2.24, 2.45) is 17.6 Å². The molecule has 0 aliphatic heterocycles. The van der Waals surface area contributed by atoms with Gasteiger partial charge < -0.3 is 11.1 Å². The quantitative estimate of drug-likeness (QED) is 0.786. The highest BCUT2D eigenvalue weighted by Crippen LogP contribution is 2.30. The standard InChI is InChI=1S/C16H32N2/c1-2-5-13-8-10-15(11-9-13)18-16-7-4-3-6-14(16)12-17/h13-16,18H,2-12,17H2,1H3. The number of hydrogen-bond donors (Lipinski definition) is 2. The molecule has 2 aliphatic rings. The van der Waals surface area contributed by atoms with Crippen LogP contribution in [0.5, 0.6) is 0 Å². The van der Waals surface area contributed by atoms with Crippen molar-refractivity contribution in [2.75, 3.05) is 6.54 Å². The molecule has 18 heavy (non-hydrogen) atoms. The van der Waals surface area contributed by atoms with Crippen LogP contribution in [0.4, 0.5) is 0 Å². The van der Waals surface area contributed by atoms with E-state index in [9.17, 15) is 0 Å². The van der Waals surface area contributed by atoms with Gasteiger partial charge in [-0.2, -0.15) is 0 Å². The zero-order valence-electron chi connectivity index (χ0n) is 12.2. The van der Waals surface area contributed by atoms with Gasteiger partial charge in [0.2, 0.25) is 0 Å². The Kier molecular flexibility index (Phi) is 5.97. The third-order valence-electron chi connectivity index (χ3n) is 5.21. The molecule has 106 valence electrons. The van der Waals surface area contributed by atoms with Crippen molar-refractivity contribution in [3.63, 3.8) is 0 Å². The molecule has 0 radical (unpaired) electrons. The summed E-state index contributed by atoms with van der Waals surface area (Å²) in [5.41, 5.74) is 5.92. The molecular weight excluding hydrogens is 220 g/mol. The van der Waals surface area contributed by atoms with Gasteiger partial charge in [0.25, 0.3) is 0 Å². The van der Waals surface area contributed by atoms with Crippen molar-refractivity contribution in [3.8, 4) is 0 Å². The van der Waals surface area contributed by atoms with Crippen molar-refractivity contribution in [1.82, 2.24) is 5.32 Å². The second-order valence-corrected chi connectivity index (χ2v) is 6.56. The fourth-order valence-electron chi connectivity index (χ4n) is 4.04. The van der Waals surface area contributed by atoms with Crippen LogP contribution in [-0.2, 0) is 0 Å². The second-order valence-electron chi connectivity index (χ2n) is 6.56. The fraction of sp³-hybridized carbons (Fsp3) is 1.00. The van der Waals surface area contributed by atoms with Crippen molar-refractivity contribution >= 4 is 0 Å². The third kappa shape index (κ3) is 3.96. The van der Waals surface area contributed by atoms with Gasteiger partial charge in [-0.3, -0.25) is 0 Å². The van der Waals surface area contributed by atoms with Gasteiger partial charge in [0.1, 0.15) is 0 Å². The van der Waals surface area contributed by atoms with Crippen molar-refractivity contribution in [1.29, 1.82) is 0 Å². The molecule has 0 bridgehead atoms. The van der Waals surface area contributed by atoms with E-state index in [1.165, 1.54) is 64.2 Å². The average molecular weight is 252 g/mol. The summed E-state index contributed by atoms with van der Waals surface area (Å²) in [6, 6.07) is 1.51. The molecule has 2 nitrogen and oxygen atoms in total. The van der Waals surface area contributed by atoms with Gasteiger partial charge in [-0.25, -0.2) is 0 Å². The van der Waals surface area contributed by atoms with Crippen LogP contribution < -0.4 is 11.1 Å². The Bertz CT molecular complexity index is 221. The highest BCUT2D eigenvalue weighted by molar-refractivity contribution is 4.86. The molecule has 0 saturated heterocycles. The van der Waals surface area contributed by atoms with E-state index in [0.29, 0.717) is 0 Å². The molecule has 2 atom stereocenters. The maximum absolute atomic E-state index is 5.92. The summed E-state index contributed by atoms with van der Waals surface area (Å²) >= 11 is 0. The van der Waals surface area contributed by atoms with E-state index in [-0.39, 0.29) is 0 Å². The molecule has 0 aromatic carbocycles. The summed E-state index contributed by atoms with van der Waals surface area (Å²) in [7, 11) is 0. The summed E-state index contributed by atoms with van der Waals surface area (Å²) in [5, 5.41) is 3.94. The van der Waals surface area contributed by atoms with Crippen LogP contribution in [0.1, 0.15) is 71.1 Å². The van der Waals surface area contributed by atoms with Crippen LogP contribution >= 0.6 is 0 Å². The van der Waals surface area contributed by atoms with E-state index < -0.39 is 0 Å². The predicted octanol–water partition coefficient (Wildman–Crippen LogP) is 3.45. The van der Waals surface area contributed by atoms with Gasteiger partial charge in [0, 0.05) is 12.1 Å². The third-order valence-corrected chi connectivity index (χ3v) is 5.21. The van der Waals surface area contributed by atoms with Gasteiger partial charge in [-0.05, 0) is 56.9 Å². The molecule has 0 aromatic rings. The molecule has 2 heteroatoms. The lowest BCUT2D eigenvalue weighted by atomic mass is 9.80. The lowest BCUT2D eigenvalue weighted by Crippen LogP contribution is -2.47. The summed E-state index contributed by atoms with van der Waals surface area (Å²) in [6.45, 7) is 3.20. The fourth-order valence-corrected chi connectivity index (χ4v) is 4.04. The zero-order valence-corrected chi connectivity index (χ0v) is 12.2. The minimum atomic E-state index is 0.719. The Labute approximate surface area is 113 Å². The maximum atomic E-state index is 5.92. The first kappa shape index (κ1) is 14.3. The molecule has 0 amide bonds. The Hall–Kier alpha value is -0.0800. The SMILES string of the molecule is CCCC1CCC(NC2CCCCC2CN)CC1. The molecule has 2 unspecified atom stereocenters. The molecule has 2 aliphatic carbocycles. The molecule has 2 saturated carbocycles. The molecule has 2 rings (SSSR count). The number of hydrogen-bond acceptors (Lipinski definition) is 2. The van der Waals surface area contributed by atoms with Crippen LogP contribution in [-0.4, -0.2) is 18.6 Å². The minimum Gasteiger partial charge on any atom is -0.330 e. The van der Waals surface area contributed by atoms with Gasteiger partial charge >= 0.3 is 0 Å². The van der Waals surface area contributed by atoms with E-state index >= 15 is 0 Å². The molecular formula is C16H32N2. The van der Waals surface area contributed by atoms with Gasteiger partial charge in [-0.15, -0.1) is 0 Å². The first-order valence-electron chi connectivity index (χ1n) is 8.29.